The SMILES string of the molecule is CC1(C)C2CC3=C(C(O)CCC3)C1C2. The van der Waals surface area contributed by atoms with Gasteiger partial charge in [0.1, 0.15) is 0 Å². The molecule has 1 saturated carbocycles. The van der Waals surface area contributed by atoms with Crippen molar-refractivity contribution in [3.05, 3.63) is 11.1 Å². The monoisotopic (exact) mass is 192 g/mol. The van der Waals surface area contributed by atoms with Gasteiger partial charge in [0.05, 0.1) is 6.10 Å². The second-order valence-electron chi connectivity index (χ2n) is 5.98. The van der Waals surface area contributed by atoms with E-state index in [1.54, 1.807) is 5.57 Å². The third-order valence-corrected chi connectivity index (χ3v) is 5.06. The number of hydrogen-bond acceptors (Lipinski definition) is 1. The van der Waals surface area contributed by atoms with Crippen LogP contribution < -0.4 is 0 Å². The Bertz CT molecular complexity index is 300. The van der Waals surface area contributed by atoms with Crippen LogP contribution >= 0.6 is 0 Å². The fourth-order valence-corrected chi connectivity index (χ4v) is 3.93. The summed E-state index contributed by atoms with van der Waals surface area (Å²) >= 11 is 0. The molecule has 4 aliphatic carbocycles. The van der Waals surface area contributed by atoms with Gasteiger partial charge in [-0.1, -0.05) is 19.4 Å². The van der Waals surface area contributed by atoms with Gasteiger partial charge in [-0.15, -0.1) is 0 Å². The summed E-state index contributed by atoms with van der Waals surface area (Å²) in [6.07, 6.45) is 6.04. The van der Waals surface area contributed by atoms with E-state index in [9.17, 15) is 5.11 Å². The summed E-state index contributed by atoms with van der Waals surface area (Å²) in [5, 5.41) is 10.1. The smallest absolute Gasteiger partial charge is 0.0755 e. The lowest BCUT2D eigenvalue weighted by atomic mass is 9.46. The van der Waals surface area contributed by atoms with Gasteiger partial charge in [0.15, 0.2) is 0 Å². The van der Waals surface area contributed by atoms with Crippen LogP contribution in [0.5, 0.6) is 0 Å². The Morgan fingerprint density at radius 3 is 2.86 bits per heavy atom. The summed E-state index contributed by atoms with van der Waals surface area (Å²) in [6.45, 7) is 4.77. The summed E-state index contributed by atoms with van der Waals surface area (Å²) in [5.74, 6) is 1.63. The fourth-order valence-electron chi connectivity index (χ4n) is 3.93. The van der Waals surface area contributed by atoms with Crippen LogP contribution in [-0.4, -0.2) is 11.2 Å². The first-order chi connectivity index (χ1) is 6.60. The quantitative estimate of drug-likeness (QED) is 0.585. The molecule has 0 aromatic heterocycles. The molecule has 1 fully saturated rings. The molecule has 0 saturated heterocycles. The highest BCUT2D eigenvalue weighted by Crippen LogP contribution is 2.63. The summed E-state index contributed by atoms with van der Waals surface area (Å²) < 4.78 is 0. The van der Waals surface area contributed by atoms with Crippen molar-refractivity contribution in [1.29, 1.82) is 0 Å². The summed E-state index contributed by atoms with van der Waals surface area (Å²) in [6, 6.07) is 0. The van der Waals surface area contributed by atoms with Crippen molar-refractivity contribution < 1.29 is 5.11 Å². The van der Waals surface area contributed by atoms with Gasteiger partial charge in [0, 0.05) is 0 Å². The van der Waals surface area contributed by atoms with E-state index in [1.165, 1.54) is 31.3 Å². The molecular weight excluding hydrogens is 172 g/mol. The van der Waals surface area contributed by atoms with Crippen LogP contribution in [0.4, 0.5) is 0 Å². The number of aliphatic hydroxyl groups is 1. The molecule has 0 radical (unpaired) electrons. The van der Waals surface area contributed by atoms with E-state index in [0.717, 1.165) is 12.3 Å². The van der Waals surface area contributed by atoms with Gasteiger partial charge in [-0.3, -0.25) is 0 Å². The Hall–Kier alpha value is -0.300. The summed E-state index contributed by atoms with van der Waals surface area (Å²) in [5.41, 5.74) is 3.57. The molecule has 0 amide bonds. The molecule has 4 rings (SSSR count). The van der Waals surface area contributed by atoms with Crippen LogP contribution in [0.25, 0.3) is 0 Å². The van der Waals surface area contributed by atoms with Crippen molar-refractivity contribution in [1.82, 2.24) is 0 Å². The molecule has 0 aromatic rings. The maximum absolute atomic E-state index is 10.1. The molecular formula is C13H20O. The minimum absolute atomic E-state index is 0.0933. The second-order valence-corrected chi connectivity index (χ2v) is 5.98. The lowest BCUT2D eigenvalue weighted by molar-refractivity contribution is -0.0314. The molecule has 0 aromatic carbocycles. The maximum atomic E-state index is 10.1. The molecule has 2 bridgehead atoms. The van der Waals surface area contributed by atoms with Crippen LogP contribution in [0, 0.1) is 17.3 Å². The largest absolute Gasteiger partial charge is 0.389 e. The summed E-state index contributed by atoms with van der Waals surface area (Å²) in [4.78, 5) is 0. The fraction of sp³-hybridized carbons (Fsp3) is 0.846. The van der Waals surface area contributed by atoms with Crippen LogP contribution in [0.3, 0.4) is 0 Å². The maximum Gasteiger partial charge on any atom is 0.0755 e. The molecule has 14 heavy (non-hydrogen) atoms. The van der Waals surface area contributed by atoms with Gasteiger partial charge in [0.2, 0.25) is 0 Å². The first-order valence-corrected chi connectivity index (χ1v) is 6.00. The van der Waals surface area contributed by atoms with E-state index in [4.69, 9.17) is 0 Å². The van der Waals surface area contributed by atoms with Crippen molar-refractivity contribution in [2.75, 3.05) is 0 Å². The van der Waals surface area contributed by atoms with Crippen LogP contribution in [0.15, 0.2) is 11.1 Å². The molecule has 0 spiro atoms. The lowest BCUT2D eigenvalue weighted by Gasteiger charge is -2.59. The van der Waals surface area contributed by atoms with E-state index in [2.05, 4.69) is 13.8 Å². The molecule has 78 valence electrons. The average Bonchev–Trinajstić information content (AvgIpc) is 2.17. The van der Waals surface area contributed by atoms with E-state index in [0.29, 0.717) is 11.3 Å². The number of hydrogen-bond donors (Lipinski definition) is 1. The van der Waals surface area contributed by atoms with Crippen molar-refractivity contribution in [2.45, 2.75) is 52.1 Å². The zero-order chi connectivity index (χ0) is 9.92. The normalized spacial score (nSPS) is 44.4. The third kappa shape index (κ3) is 0.942. The zero-order valence-electron chi connectivity index (χ0n) is 9.21. The van der Waals surface area contributed by atoms with Crippen LogP contribution in [0.1, 0.15) is 46.0 Å². The van der Waals surface area contributed by atoms with Gasteiger partial charge in [-0.2, -0.15) is 0 Å². The molecule has 1 heteroatoms. The predicted molar refractivity (Wildman–Crippen MR) is 56.9 cm³/mol. The highest BCUT2D eigenvalue weighted by atomic mass is 16.3. The van der Waals surface area contributed by atoms with Gasteiger partial charge in [-0.25, -0.2) is 0 Å². The van der Waals surface area contributed by atoms with E-state index >= 15 is 0 Å². The average molecular weight is 192 g/mol. The standard InChI is InChI=1S/C13H20O/c1-13(2)9-6-8-4-3-5-11(14)12(8)10(13)7-9/h9-11,14H,3-7H2,1-2H3. The highest BCUT2D eigenvalue weighted by Gasteiger charge is 2.54. The van der Waals surface area contributed by atoms with E-state index < -0.39 is 0 Å². The first kappa shape index (κ1) is 8.96. The zero-order valence-corrected chi connectivity index (χ0v) is 9.21. The van der Waals surface area contributed by atoms with Crippen LogP contribution in [-0.2, 0) is 0 Å². The Morgan fingerprint density at radius 1 is 1.36 bits per heavy atom. The Balaban J connectivity index is 2.01. The van der Waals surface area contributed by atoms with E-state index in [1.807, 2.05) is 0 Å². The van der Waals surface area contributed by atoms with Gasteiger partial charge >= 0.3 is 0 Å². The Morgan fingerprint density at radius 2 is 2.14 bits per heavy atom. The molecule has 0 heterocycles. The lowest BCUT2D eigenvalue weighted by Crippen LogP contribution is -2.52. The summed E-state index contributed by atoms with van der Waals surface area (Å²) in [7, 11) is 0. The number of rotatable bonds is 0. The Kier molecular flexibility index (Phi) is 1.69. The van der Waals surface area contributed by atoms with Crippen LogP contribution in [0.2, 0.25) is 0 Å². The highest BCUT2D eigenvalue weighted by molar-refractivity contribution is 5.34. The van der Waals surface area contributed by atoms with Crippen molar-refractivity contribution in [2.24, 2.45) is 17.3 Å². The number of allylic oxidation sites excluding steroid dienone is 1. The third-order valence-electron chi connectivity index (χ3n) is 5.06. The minimum atomic E-state index is -0.0933. The predicted octanol–water partition coefficient (Wildman–Crippen LogP) is 2.89. The van der Waals surface area contributed by atoms with Gasteiger partial charge < -0.3 is 5.11 Å². The van der Waals surface area contributed by atoms with Gasteiger partial charge in [0.25, 0.3) is 0 Å². The van der Waals surface area contributed by atoms with Crippen molar-refractivity contribution in [3.8, 4) is 0 Å². The molecule has 1 nitrogen and oxygen atoms in total. The Labute approximate surface area is 86.2 Å². The molecule has 3 atom stereocenters. The topological polar surface area (TPSA) is 20.2 Å². The van der Waals surface area contributed by atoms with Crippen molar-refractivity contribution >= 4 is 0 Å². The van der Waals surface area contributed by atoms with Gasteiger partial charge in [-0.05, 0) is 54.9 Å². The molecule has 0 aliphatic heterocycles. The van der Waals surface area contributed by atoms with Crippen molar-refractivity contribution in [3.63, 3.8) is 0 Å². The molecule has 4 aliphatic rings. The molecule has 1 N–H and O–H groups in total. The minimum Gasteiger partial charge on any atom is -0.389 e. The second kappa shape index (κ2) is 2.63. The first-order valence-electron chi connectivity index (χ1n) is 6.00. The number of aliphatic hydroxyl groups excluding tert-OH is 1. The van der Waals surface area contributed by atoms with E-state index in [-0.39, 0.29) is 6.10 Å². The molecule has 3 unspecified atom stereocenters.